The molecule has 1 aliphatic rings. The van der Waals surface area contributed by atoms with Crippen molar-refractivity contribution >= 4 is 11.5 Å². The predicted molar refractivity (Wildman–Crippen MR) is 90.5 cm³/mol. The van der Waals surface area contributed by atoms with E-state index in [0.717, 1.165) is 37.7 Å². The van der Waals surface area contributed by atoms with Gasteiger partial charge in [-0.3, -0.25) is 0 Å². The lowest BCUT2D eigenvalue weighted by Gasteiger charge is -2.30. The molecule has 23 heavy (non-hydrogen) atoms. The Balaban J connectivity index is 1.74. The second-order valence-electron chi connectivity index (χ2n) is 5.56. The second-order valence-corrected chi connectivity index (χ2v) is 5.56. The maximum Gasteiger partial charge on any atom is 0.145 e. The van der Waals surface area contributed by atoms with Crippen LogP contribution in [0.2, 0.25) is 0 Å². The van der Waals surface area contributed by atoms with E-state index in [4.69, 9.17) is 10.00 Å². The molecule has 1 aromatic heterocycles. The summed E-state index contributed by atoms with van der Waals surface area (Å²) in [5.74, 6) is 0.726. The highest BCUT2D eigenvalue weighted by molar-refractivity contribution is 5.55. The minimum absolute atomic E-state index is 0.469. The minimum Gasteiger partial charge on any atom is -0.378 e. The van der Waals surface area contributed by atoms with Gasteiger partial charge < -0.3 is 15.0 Å². The predicted octanol–water partition coefficient (Wildman–Crippen LogP) is 2.71. The van der Waals surface area contributed by atoms with Crippen molar-refractivity contribution in [2.75, 3.05) is 36.5 Å². The molecule has 1 saturated heterocycles. The van der Waals surface area contributed by atoms with Gasteiger partial charge in [0, 0.05) is 25.3 Å². The number of aryl methyl sites for hydroxylation is 1. The maximum atomic E-state index is 9.08. The molecule has 5 heteroatoms. The number of nitrogens with one attached hydrogen (secondary N) is 1. The van der Waals surface area contributed by atoms with Crippen LogP contribution in [-0.4, -0.2) is 31.3 Å². The molecule has 0 spiro atoms. The molecule has 0 aliphatic carbocycles. The lowest BCUT2D eigenvalue weighted by molar-refractivity contribution is 0.122. The van der Waals surface area contributed by atoms with Crippen LogP contribution < -0.4 is 10.2 Å². The summed E-state index contributed by atoms with van der Waals surface area (Å²) in [6.45, 7) is 5.94. The summed E-state index contributed by atoms with van der Waals surface area (Å²) < 4.78 is 5.43. The van der Waals surface area contributed by atoms with E-state index in [-0.39, 0.29) is 0 Å². The average molecular weight is 308 g/mol. The number of aromatic nitrogens is 1. The van der Waals surface area contributed by atoms with E-state index in [0.29, 0.717) is 12.2 Å². The fraction of sp³-hybridized carbons (Fsp3) is 0.333. The van der Waals surface area contributed by atoms with Crippen LogP contribution in [0.1, 0.15) is 16.8 Å². The summed E-state index contributed by atoms with van der Waals surface area (Å²) in [6, 6.07) is 14.3. The molecule has 0 saturated carbocycles. The Kier molecular flexibility index (Phi) is 4.74. The summed E-state index contributed by atoms with van der Waals surface area (Å²) in [7, 11) is 0. The molecule has 0 radical (unpaired) electrons. The molecule has 5 nitrogen and oxygen atoms in total. The van der Waals surface area contributed by atoms with Crippen LogP contribution in [0.5, 0.6) is 0 Å². The van der Waals surface area contributed by atoms with Crippen LogP contribution in [0, 0.1) is 18.3 Å². The van der Waals surface area contributed by atoms with Gasteiger partial charge in [-0.15, -0.1) is 0 Å². The van der Waals surface area contributed by atoms with Crippen LogP contribution in [0.4, 0.5) is 11.5 Å². The number of nitrogens with zero attached hydrogens (tertiary/aromatic N) is 3. The molecule has 0 unspecified atom stereocenters. The van der Waals surface area contributed by atoms with E-state index in [1.165, 1.54) is 11.3 Å². The molecule has 1 fully saturated rings. The Morgan fingerprint density at radius 2 is 2.00 bits per heavy atom. The number of hydrogen-bond donors (Lipinski definition) is 1. The van der Waals surface area contributed by atoms with Crippen molar-refractivity contribution in [1.29, 1.82) is 5.26 Å². The average Bonchev–Trinajstić information content (AvgIpc) is 2.62. The van der Waals surface area contributed by atoms with Crippen LogP contribution in [0.25, 0.3) is 0 Å². The number of pyridine rings is 1. The molecule has 1 N–H and O–H groups in total. The quantitative estimate of drug-likeness (QED) is 0.941. The summed E-state index contributed by atoms with van der Waals surface area (Å²) in [4.78, 5) is 6.69. The third kappa shape index (κ3) is 3.61. The lowest BCUT2D eigenvalue weighted by atomic mass is 10.1. The van der Waals surface area contributed by atoms with Crippen LogP contribution in [0.3, 0.4) is 0 Å². The summed E-state index contributed by atoms with van der Waals surface area (Å²) >= 11 is 0. The van der Waals surface area contributed by atoms with Gasteiger partial charge in [-0.2, -0.15) is 5.26 Å². The Labute approximate surface area is 136 Å². The first kappa shape index (κ1) is 15.3. The zero-order chi connectivity index (χ0) is 16.1. The SMILES string of the molecule is Cc1ccc(NCc2ccccc2N2CCOCC2)nc1C#N. The monoisotopic (exact) mass is 308 g/mol. The van der Waals surface area contributed by atoms with Gasteiger partial charge in [0.05, 0.1) is 13.2 Å². The second kappa shape index (κ2) is 7.12. The molecule has 0 bridgehead atoms. The van der Waals surface area contributed by atoms with Crippen molar-refractivity contribution in [3.05, 3.63) is 53.2 Å². The van der Waals surface area contributed by atoms with E-state index in [1.807, 2.05) is 25.1 Å². The van der Waals surface area contributed by atoms with Crippen LogP contribution >= 0.6 is 0 Å². The van der Waals surface area contributed by atoms with Crippen LogP contribution in [-0.2, 0) is 11.3 Å². The third-order valence-electron chi connectivity index (χ3n) is 4.01. The van der Waals surface area contributed by atoms with Crippen LogP contribution in [0.15, 0.2) is 36.4 Å². The topological polar surface area (TPSA) is 61.2 Å². The van der Waals surface area contributed by atoms with E-state index in [2.05, 4.69) is 39.5 Å². The molecule has 3 rings (SSSR count). The van der Waals surface area contributed by atoms with Crippen molar-refractivity contribution in [1.82, 2.24) is 4.98 Å². The number of anilines is 2. The molecule has 1 aromatic carbocycles. The van der Waals surface area contributed by atoms with Crippen molar-refractivity contribution in [3.63, 3.8) is 0 Å². The number of ether oxygens (including phenoxy) is 1. The van der Waals surface area contributed by atoms with Crippen molar-refractivity contribution < 1.29 is 4.74 Å². The smallest absolute Gasteiger partial charge is 0.145 e. The molecule has 0 amide bonds. The fourth-order valence-electron chi connectivity index (χ4n) is 2.70. The summed E-state index contributed by atoms with van der Waals surface area (Å²) in [5.41, 5.74) is 3.81. The van der Waals surface area contributed by atoms with Crippen molar-refractivity contribution in [2.24, 2.45) is 0 Å². The highest BCUT2D eigenvalue weighted by atomic mass is 16.5. The molecule has 0 atom stereocenters. The summed E-state index contributed by atoms with van der Waals surface area (Å²) in [5, 5.41) is 12.4. The first-order chi connectivity index (χ1) is 11.3. The number of nitriles is 1. The first-order valence-corrected chi connectivity index (χ1v) is 7.80. The lowest BCUT2D eigenvalue weighted by Crippen LogP contribution is -2.36. The molecule has 1 aliphatic heterocycles. The molecular formula is C18H20N4O. The molecular weight excluding hydrogens is 288 g/mol. The largest absolute Gasteiger partial charge is 0.378 e. The van der Waals surface area contributed by atoms with Gasteiger partial charge in [0.1, 0.15) is 17.6 Å². The number of morpholine rings is 1. The number of hydrogen-bond acceptors (Lipinski definition) is 5. The van der Waals surface area contributed by atoms with Gasteiger partial charge >= 0.3 is 0 Å². The zero-order valence-corrected chi connectivity index (χ0v) is 13.2. The Morgan fingerprint density at radius 3 is 2.78 bits per heavy atom. The minimum atomic E-state index is 0.469. The number of para-hydroxylation sites is 1. The summed E-state index contributed by atoms with van der Waals surface area (Å²) in [6.07, 6.45) is 0. The standard InChI is InChI=1S/C18H20N4O/c1-14-6-7-18(21-16(14)12-19)20-13-15-4-2-3-5-17(15)22-8-10-23-11-9-22/h2-7H,8-11,13H2,1H3,(H,20,21). The molecule has 2 heterocycles. The van der Waals surface area contributed by atoms with Gasteiger partial charge in [-0.05, 0) is 30.2 Å². The van der Waals surface area contributed by atoms with E-state index in [1.54, 1.807) is 0 Å². The van der Waals surface area contributed by atoms with E-state index >= 15 is 0 Å². The molecule has 118 valence electrons. The first-order valence-electron chi connectivity index (χ1n) is 7.80. The Bertz CT molecular complexity index is 717. The van der Waals surface area contributed by atoms with Gasteiger partial charge in [-0.25, -0.2) is 4.98 Å². The third-order valence-corrected chi connectivity index (χ3v) is 4.01. The van der Waals surface area contributed by atoms with Gasteiger partial charge in [0.25, 0.3) is 0 Å². The van der Waals surface area contributed by atoms with E-state index < -0.39 is 0 Å². The van der Waals surface area contributed by atoms with Crippen molar-refractivity contribution in [3.8, 4) is 6.07 Å². The highest BCUT2D eigenvalue weighted by Gasteiger charge is 2.14. The maximum absolute atomic E-state index is 9.08. The highest BCUT2D eigenvalue weighted by Crippen LogP contribution is 2.22. The zero-order valence-electron chi connectivity index (χ0n) is 13.2. The van der Waals surface area contributed by atoms with Gasteiger partial charge in [-0.1, -0.05) is 24.3 Å². The van der Waals surface area contributed by atoms with E-state index in [9.17, 15) is 0 Å². The Hall–Kier alpha value is -2.58. The van der Waals surface area contributed by atoms with Crippen molar-refractivity contribution in [2.45, 2.75) is 13.5 Å². The number of benzene rings is 1. The Morgan fingerprint density at radius 1 is 1.22 bits per heavy atom. The van der Waals surface area contributed by atoms with Gasteiger partial charge in [0.15, 0.2) is 0 Å². The normalized spacial score (nSPS) is 14.3. The number of rotatable bonds is 4. The van der Waals surface area contributed by atoms with Gasteiger partial charge in [0.2, 0.25) is 0 Å². The molecule has 2 aromatic rings. The fourth-order valence-corrected chi connectivity index (χ4v) is 2.70.